The molecule has 1 atom stereocenters. The summed E-state index contributed by atoms with van der Waals surface area (Å²) in [7, 11) is 1.76. The van der Waals surface area contributed by atoms with Crippen molar-refractivity contribution >= 4 is 10.9 Å². The summed E-state index contributed by atoms with van der Waals surface area (Å²) in [5.74, 6) is 0. The molecule has 1 aromatic heterocycles. The van der Waals surface area contributed by atoms with Gasteiger partial charge in [-0.3, -0.25) is 0 Å². The van der Waals surface area contributed by atoms with Crippen LogP contribution in [0, 0.1) is 20.8 Å². The number of fused-ring (bicyclic) bond motifs is 1. The van der Waals surface area contributed by atoms with Gasteiger partial charge in [-0.25, -0.2) is 0 Å². The zero-order valence-electron chi connectivity index (χ0n) is 14.0. The normalized spacial score (nSPS) is 13.0. The Hall–Kier alpha value is -1.32. The van der Waals surface area contributed by atoms with Crippen molar-refractivity contribution in [1.29, 1.82) is 0 Å². The van der Waals surface area contributed by atoms with E-state index in [2.05, 4.69) is 50.1 Å². The number of hydrogen-bond acceptors (Lipinski definition) is 2. The van der Waals surface area contributed by atoms with Crippen LogP contribution in [0.25, 0.3) is 10.9 Å². The lowest BCUT2D eigenvalue weighted by molar-refractivity contribution is 0.185. The first-order chi connectivity index (χ1) is 10.0. The number of aryl methyl sites for hydroxylation is 3. The molecule has 0 aliphatic heterocycles. The van der Waals surface area contributed by atoms with Gasteiger partial charge in [-0.15, -0.1) is 0 Å². The molecule has 3 nitrogen and oxygen atoms in total. The van der Waals surface area contributed by atoms with Crippen LogP contribution in [0.1, 0.15) is 35.7 Å². The van der Waals surface area contributed by atoms with E-state index in [9.17, 15) is 0 Å². The highest BCUT2D eigenvalue weighted by atomic mass is 16.5. The molecule has 0 radical (unpaired) electrons. The summed E-state index contributed by atoms with van der Waals surface area (Å²) in [5, 5.41) is 4.96. The molecule has 0 aliphatic rings. The van der Waals surface area contributed by atoms with Gasteiger partial charge in [0.15, 0.2) is 0 Å². The van der Waals surface area contributed by atoms with E-state index in [0.29, 0.717) is 6.04 Å². The number of hydrogen-bond donors (Lipinski definition) is 2. The van der Waals surface area contributed by atoms with E-state index >= 15 is 0 Å². The highest BCUT2D eigenvalue weighted by molar-refractivity contribution is 5.88. The van der Waals surface area contributed by atoms with Crippen molar-refractivity contribution in [3.8, 4) is 0 Å². The molecular weight excluding hydrogens is 260 g/mol. The molecule has 0 fully saturated rings. The van der Waals surface area contributed by atoms with Crippen molar-refractivity contribution in [2.75, 3.05) is 20.3 Å². The lowest BCUT2D eigenvalue weighted by atomic mass is 10.0. The maximum absolute atomic E-state index is 5.12. The smallest absolute Gasteiger partial charge is 0.0491 e. The molecule has 0 aliphatic carbocycles. The maximum Gasteiger partial charge on any atom is 0.0491 e. The third-order valence-electron chi connectivity index (χ3n) is 4.45. The molecule has 116 valence electrons. The summed E-state index contributed by atoms with van der Waals surface area (Å²) < 4.78 is 5.12. The van der Waals surface area contributed by atoms with Crippen LogP contribution in [0.5, 0.6) is 0 Å². The average molecular weight is 288 g/mol. The summed E-state index contributed by atoms with van der Waals surface area (Å²) in [4.78, 5) is 3.56. The van der Waals surface area contributed by atoms with Gasteiger partial charge in [-0.05, 0) is 63.8 Å². The summed E-state index contributed by atoms with van der Waals surface area (Å²) in [6.07, 6.45) is 2.12. The largest absolute Gasteiger partial charge is 0.385 e. The van der Waals surface area contributed by atoms with Gasteiger partial charge in [-0.1, -0.05) is 12.1 Å². The van der Waals surface area contributed by atoms with Crippen molar-refractivity contribution in [3.05, 3.63) is 34.5 Å². The Labute approximate surface area is 128 Å². The molecule has 1 unspecified atom stereocenters. The Morgan fingerprint density at radius 2 is 2.00 bits per heavy atom. The van der Waals surface area contributed by atoms with Crippen LogP contribution in [0.15, 0.2) is 12.1 Å². The quantitative estimate of drug-likeness (QED) is 0.816. The van der Waals surface area contributed by atoms with Crippen LogP contribution in [0.2, 0.25) is 0 Å². The number of benzene rings is 1. The zero-order valence-corrected chi connectivity index (χ0v) is 14.0. The first-order valence-corrected chi connectivity index (χ1v) is 7.84. The van der Waals surface area contributed by atoms with Gasteiger partial charge in [0, 0.05) is 36.4 Å². The summed E-state index contributed by atoms with van der Waals surface area (Å²) >= 11 is 0. The monoisotopic (exact) mass is 288 g/mol. The highest BCUT2D eigenvalue weighted by Crippen LogP contribution is 2.26. The van der Waals surface area contributed by atoms with Crippen molar-refractivity contribution in [2.24, 2.45) is 0 Å². The molecule has 0 saturated heterocycles. The van der Waals surface area contributed by atoms with Crippen molar-refractivity contribution in [1.82, 2.24) is 10.3 Å². The fourth-order valence-corrected chi connectivity index (χ4v) is 2.86. The van der Waals surface area contributed by atoms with Gasteiger partial charge in [0.25, 0.3) is 0 Å². The molecule has 0 bridgehead atoms. The number of ether oxygens (including phenoxy) is 1. The van der Waals surface area contributed by atoms with E-state index < -0.39 is 0 Å². The van der Waals surface area contributed by atoms with Gasteiger partial charge in [0.1, 0.15) is 0 Å². The third-order valence-corrected chi connectivity index (χ3v) is 4.45. The van der Waals surface area contributed by atoms with Crippen molar-refractivity contribution in [3.63, 3.8) is 0 Å². The van der Waals surface area contributed by atoms with Gasteiger partial charge < -0.3 is 15.0 Å². The predicted molar refractivity (Wildman–Crippen MR) is 90.2 cm³/mol. The van der Waals surface area contributed by atoms with Gasteiger partial charge in [0.05, 0.1) is 0 Å². The molecule has 0 amide bonds. The molecule has 2 rings (SSSR count). The second-order valence-corrected chi connectivity index (χ2v) is 6.05. The van der Waals surface area contributed by atoms with E-state index in [1.54, 1.807) is 7.11 Å². The van der Waals surface area contributed by atoms with Crippen LogP contribution >= 0.6 is 0 Å². The van der Waals surface area contributed by atoms with Crippen LogP contribution in [0.3, 0.4) is 0 Å². The van der Waals surface area contributed by atoms with Crippen molar-refractivity contribution < 1.29 is 4.74 Å². The Bertz CT molecular complexity index is 601. The number of aromatic nitrogens is 1. The number of methoxy groups -OCH3 is 1. The Kier molecular flexibility index (Phi) is 5.43. The minimum atomic E-state index is 0.499. The SMILES string of the molecule is COCCC(C)NCCc1c(C)[nH]c2c(C)c(C)ccc12. The first kappa shape index (κ1) is 16.1. The predicted octanol–water partition coefficient (Wildman–Crippen LogP) is 3.65. The summed E-state index contributed by atoms with van der Waals surface area (Å²) in [6.45, 7) is 10.6. The molecule has 0 spiro atoms. The molecule has 2 aromatic rings. The fourth-order valence-electron chi connectivity index (χ4n) is 2.86. The standard InChI is InChI=1S/C18H28N2O/c1-12-6-7-17-16(15(4)20-18(17)14(12)3)8-10-19-13(2)9-11-21-5/h6-7,13,19-20H,8-11H2,1-5H3. The fraction of sp³-hybridized carbons (Fsp3) is 0.556. The van der Waals surface area contributed by atoms with Crippen LogP contribution < -0.4 is 5.32 Å². The Balaban J connectivity index is 2.05. The van der Waals surface area contributed by atoms with Crippen LogP contribution in [-0.2, 0) is 11.2 Å². The second kappa shape index (κ2) is 7.10. The second-order valence-electron chi connectivity index (χ2n) is 6.05. The van der Waals surface area contributed by atoms with E-state index in [0.717, 1.165) is 26.0 Å². The summed E-state index contributed by atoms with van der Waals surface area (Å²) in [6, 6.07) is 4.98. The topological polar surface area (TPSA) is 37.0 Å². The molecular formula is C18H28N2O. The molecule has 21 heavy (non-hydrogen) atoms. The zero-order chi connectivity index (χ0) is 15.4. The number of H-pyrrole nitrogens is 1. The lowest BCUT2D eigenvalue weighted by Crippen LogP contribution is -2.29. The average Bonchev–Trinajstić information content (AvgIpc) is 2.78. The van der Waals surface area contributed by atoms with E-state index in [-0.39, 0.29) is 0 Å². The van der Waals surface area contributed by atoms with E-state index in [4.69, 9.17) is 4.74 Å². The molecule has 1 aromatic carbocycles. The minimum absolute atomic E-state index is 0.499. The lowest BCUT2D eigenvalue weighted by Gasteiger charge is -2.13. The van der Waals surface area contributed by atoms with Gasteiger partial charge >= 0.3 is 0 Å². The number of aromatic amines is 1. The Morgan fingerprint density at radius 3 is 2.71 bits per heavy atom. The van der Waals surface area contributed by atoms with Gasteiger partial charge in [0.2, 0.25) is 0 Å². The van der Waals surface area contributed by atoms with Crippen LogP contribution in [0.4, 0.5) is 0 Å². The maximum atomic E-state index is 5.12. The number of nitrogens with one attached hydrogen (secondary N) is 2. The van der Waals surface area contributed by atoms with Crippen LogP contribution in [-0.4, -0.2) is 31.3 Å². The number of rotatable bonds is 7. The molecule has 0 saturated carbocycles. The molecule has 3 heteroatoms. The van der Waals surface area contributed by atoms with Gasteiger partial charge in [-0.2, -0.15) is 0 Å². The summed E-state index contributed by atoms with van der Waals surface area (Å²) in [5.41, 5.74) is 6.75. The van der Waals surface area contributed by atoms with E-state index in [1.165, 1.54) is 33.3 Å². The third kappa shape index (κ3) is 3.66. The van der Waals surface area contributed by atoms with Crippen molar-refractivity contribution in [2.45, 2.75) is 46.6 Å². The highest BCUT2D eigenvalue weighted by Gasteiger charge is 2.11. The van der Waals surface area contributed by atoms with E-state index in [1.807, 2.05) is 0 Å². The minimum Gasteiger partial charge on any atom is -0.385 e. The molecule has 2 N–H and O–H groups in total. The molecule has 1 heterocycles. The Morgan fingerprint density at radius 1 is 1.24 bits per heavy atom. The first-order valence-electron chi connectivity index (χ1n) is 7.84.